The van der Waals surface area contributed by atoms with E-state index < -0.39 is 5.97 Å². The third-order valence-electron chi connectivity index (χ3n) is 5.67. The molecule has 1 aromatic rings. The summed E-state index contributed by atoms with van der Waals surface area (Å²) in [7, 11) is 0. The summed E-state index contributed by atoms with van der Waals surface area (Å²) >= 11 is 0. The Morgan fingerprint density at radius 3 is 1.97 bits per heavy atom. The lowest BCUT2D eigenvalue weighted by molar-refractivity contribution is -0.146. The van der Waals surface area contributed by atoms with Crippen molar-refractivity contribution in [2.75, 3.05) is 13.2 Å². The zero-order valence-corrected chi connectivity index (χ0v) is 18.6. The molecule has 1 aliphatic rings. The molecule has 0 radical (unpaired) electrons. The van der Waals surface area contributed by atoms with E-state index >= 15 is 0 Å². The van der Waals surface area contributed by atoms with Gasteiger partial charge in [0.25, 0.3) is 0 Å². The molecule has 32 heavy (non-hydrogen) atoms. The summed E-state index contributed by atoms with van der Waals surface area (Å²) in [6.07, 6.45) is 9.48. The van der Waals surface area contributed by atoms with Gasteiger partial charge in [-0.2, -0.15) is 0 Å². The van der Waals surface area contributed by atoms with Crippen molar-refractivity contribution in [3.8, 4) is 11.5 Å². The standard InChI is InChI=1S/C25H34O7/c1-2-23(26)31-18-8-6-4-3-5-7-17-30-21-13-15-22(16-14-21)32-25(29)20-11-9-19(10-12-20)24(27)28/h2,13-16,19-20H,1,3-12,17-18H2,(H,27,28)/t19-,20+. The molecule has 176 valence electrons. The van der Waals surface area contributed by atoms with Gasteiger partial charge in [0.1, 0.15) is 11.5 Å². The fraction of sp³-hybridized carbons (Fsp3) is 0.560. The summed E-state index contributed by atoms with van der Waals surface area (Å²) < 4.78 is 16.1. The highest BCUT2D eigenvalue weighted by Gasteiger charge is 2.30. The maximum atomic E-state index is 12.3. The third-order valence-corrected chi connectivity index (χ3v) is 5.67. The first-order valence-electron chi connectivity index (χ1n) is 11.5. The van der Waals surface area contributed by atoms with Crippen LogP contribution in [0, 0.1) is 11.8 Å². The number of carbonyl (C=O) groups excluding carboxylic acids is 2. The quantitative estimate of drug-likeness (QED) is 0.187. The molecule has 0 aromatic heterocycles. The van der Waals surface area contributed by atoms with Crippen LogP contribution in [0.15, 0.2) is 36.9 Å². The molecule has 1 fully saturated rings. The molecule has 0 aliphatic heterocycles. The van der Waals surface area contributed by atoms with Gasteiger partial charge in [0.2, 0.25) is 0 Å². The van der Waals surface area contributed by atoms with Gasteiger partial charge >= 0.3 is 17.9 Å². The van der Waals surface area contributed by atoms with E-state index in [9.17, 15) is 14.4 Å². The van der Waals surface area contributed by atoms with Gasteiger partial charge in [-0.15, -0.1) is 0 Å². The number of carbonyl (C=O) groups is 3. The average molecular weight is 447 g/mol. The molecule has 7 heteroatoms. The Morgan fingerprint density at radius 2 is 1.38 bits per heavy atom. The first kappa shape index (κ1) is 25.4. The van der Waals surface area contributed by atoms with Crippen LogP contribution in [-0.4, -0.2) is 36.2 Å². The van der Waals surface area contributed by atoms with Crippen LogP contribution in [0.25, 0.3) is 0 Å². The van der Waals surface area contributed by atoms with Crippen LogP contribution in [-0.2, 0) is 19.1 Å². The van der Waals surface area contributed by atoms with Crippen LogP contribution in [0.4, 0.5) is 0 Å². The van der Waals surface area contributed by atoms with Crippen molar-refractivity contribution in [2.24, 2.45) is 11.8 Å². The van der Waals surface area contributed by atoms with Crippen molar-refractivity contribution in [3.05, 3.63) is 36.9 Å². The lowest BCUT2D eigenvalue weighted by Gasteiger charge is -2.24. The summed E-state index contributed by atoms with van der Waals surface area (Å²) in [6.45, 7) is 4.44. The number of aliphatic carboxylic acids is 1. The van der Waals surface area contributed by atoms with Crippen molar-refractivity contribution in [2.45, 2.75) is 64.2 Å². The number of ether oxygens (including phenoxy) is 3. The first-order valence-corrected chi connectivity index (χ1v) is 11.5. The van der Waals surface area contributed by atoms with Crippen molar-refractivity contribution in [1.82, 2.24) is 0 Å². The minimum Gasteiger partial charge on any atom is -0.494 e. The third kappa shape index (κ3) is 9.54. The fourth-order valence-electron chi connectivity index (χ4n) is 3.71. The van der Waals surface area contributed by atoms with Crippen molar-refractivity contribution in [1.29, 1.82) is 0 Å². The molecule has 0 amide bonds. The van der Waals surface area contributed by atoms with Gasteiger partial charge in [-0.1, -0.05) is 32.3 Å². The number of carboxylic acid groups (broad SMARTS) is 1. The van der Waals surface area contributed by atoms with E-state index in [1.165, 1.54) is 6.08 Å². The average Bonchev–Trinajstić information content (AvgIpc) is 2.81. The largest absolute Gasteiger partial charge is 0.494 e. The highest BCUT2D eigenvalue weighted by molar-refractivity contribution is 5.81. The summed E-state index contributed by atoms with van der Waals surface area (Å²) in [4.78, 5) is 34.2. The van der Waals surface area contributed by atoms with Crippen molar-refractivity contribution < 1.29 is 33.7 Å². The molecule has 0 spiro atoms. The maximum absolute atomic E-state index is 12.3. The Balaban J connectivity index is 1.53. The Kier molecular flexibility index (Phi) is 11.3. The zero-order valence-electron chi connectivity index (χ0n) is 18.6. The molecule has 0 bridgehead atoms. The van der Waals surface area contributed by atoms with Gasteiger partial charge in [0.05, 0.1) is 25.0 Å². The lowest BCUT2D eigenvalue weighted by Crippen LogP contribution is -2.28. The molecule has 1 aliphatic carbocycles. The number of hydrogen-bond acceptors (Lipinski definition) is 6. The Labute approximate surface area is 189 Å². The molecule has 1 N–H and O–H groups in total. The van der Waals surface area contributed by atoms with Gasteiger partial charge in [-0.05, 0) is 62.8 Å². The molecular formula is C25H34O7. The van der Waals surface area contributed by atoms with Crippen LogP contribution in [0.2, 0.25) is 0 Å². The van der Waals surface area contributed by atoms with Gasteiger partial charge in [-0.3, -0.25) is 9.59 Å². The van der Waals surface area contributed by atoms with E-state index in [2.05, 4.69) is 6.58 Å². The van der Waals surface area contributed by atoms with Gasteiger partial charge in [0, 0.05) is 6.08 Å². The van der Waals surface area contributed by atoms with Crippen LogP contribution >= 0.6 is 0 Å². The monoisotopic (exact) mass is 446 g/mol. The number of unbranched alkanes of at least 4 members (excludes halogenated alkanes) is 5. The zero-order chi connectivity index (χ0) is 23.2. The Bertz CT molecular complexity index is 733. The van der Waals surface area contributed by atoms with E-state index in [0.29, 0.717) is 44.6 Å². The normalized spacial score (nSPS) is 17.9. The molecule has 2 rings (SSSR count). The van der Waals surface area contributed by atoms with Gasteiger partial charge < -0.3 is 19.3 Å². The van der Waals surface area contributed by atoms with E-state index in [1.807, 2.05) is 0 Å². The minimum absolute atomic E-state index is 0.233. The summed E-state index contributed by atoms with van der Waals surface area (Å²) in [5, 5.41) is 9.05. The topological polar surface area (TPSA) is 99.1 Å². The van der Waals surface area contributed by atoms with E-state index in [-0.39, 0.29) is 23.8 Å². The molecule has 7 nitrogen and oxygen atoms in total. The molecule has 0 heterocycles. The van der Waals surface area contributed by atoms with Gasteiger partial charge in [0.15, 0.2) is 0 Å². The first-order chi connectivity index (χ1) is 15.5. The van der Waals surface area contributed by atoms with Gasteiger partial charge in [-0.25, -0.2) is 4.79 Å². The summed E-state index contributed by atoms with van der Waals surface area (Å²) in [5.74, 6) is -0.809. The fourth-order valence-corrected chi connectivity index (χ4v) is 3.71. The highest BCUT2D eigenvalue weighted by atomic mass is 16.5. The second-order valence-corrected chi connectivity index (χ2v) is 8.12. The number of esters is 2. The number of benzene rings is 1. The number of hydrogen-bond donors (Lipinski definition) is 1. The molecule has 0 saturated heterocycles. The SMILES string of the molecule is C=CC(=O)OCCCCCCCCOc1ccc(OC(=O)[C@H]2CC[C@@H](C(=O)O)CC2)cc1. The molecule has 1 saturated carbocycles. The Morgan fingerprint density at radius 1 is 0.844 bits per heavy atom. The Hall–Kier alpha value is -2.83. The van der Waals surface area contributed by atoms with Crippen LogP contribution in [0.1, 0.15) is 64.2 Å². The molecular weight excluding hydrogens is 412 g/mol. The summed E-state index contributed by atoms with van der Waals surface area (Å²) in [6, 6.07) is 7.01. The predicted octanol–water partition coefficient (Wildman–Crippen LogP) is 4.93. The molecule has 0 unspecified atom stereocenters. The number of carboxylic acids is 1. The second kappa shape index (κ2) is 14.3. The van der Waals surface area contributed by atoms with E-state index in [4.69, 9.17) is 19.3 Å². The maximum Gasteiger partial charge on any atom is 0.330 e. The molecule has 1 aromatic carbocycles. The second-order valence-electron chi connectivity index (χ2n) is 8.12. The number of rotatable bonds is 14. The van der Waals surface area contributed by atoms with Crippen molar-refractivity contribution in [3.63, 3.8) is 0 Å². The predicted molar refractivity (Wildman–Crippen MR) is 120 cm³/mol. The summed E-state index contributed by atoms with van der Waals surface area (Å²) in [5.41, 5.74) is 0. The van der Waals surface area contributed by atoms with Crippen LogP contribution in [0.5, 0.6) is 11.5 Å². The van der Waals surface area contributed by atoms with Crippen LogP contribution < -0.4 is 9.47 Å². The smallest absolute Gasteiger partial charge is 0.330 e. The lowest BCUT2D eigenvalue weighted by atomic mass is 9.82. The molecule has 0 atom stereocenters. The highest BCUT2D eigenvalue weighted by Crippen LogP contribution is 2.30. The van der Waals surface area contributed by atoms with Crippen molar-refractivity contribution >= 4 is 17.9 Å². The minimum atomic E-state index is -0.781. The van der Waals surface area contributed by atoms with E-state index in [1.54, 1.807) is 24.3 Å². The van der Waals surface area contributed by atoms with Crippen LogP contribution in [0.3, 0.4) is 0 Å². The van der Waals surface area contributed by atoms with E-state index in [0.717, 1.165) is 44.3 Å².